The van der Waals surface area contributed by atoms with Crippen molar-refractivity contribution in [2.24, 2.45) is 28.4 Å². The number of ether oxygens (including phenoxy) is 3. The van der Waals surface area contributed by atoms with E-state index in [1.807, 2.05) is 187 Å². The first-order valence-corrected chi connectivity index (χ1v) is 34.1. The number of carbonyl (C=O) groups is 10. The van der Waals surface area contributed by atoms with Crippen LogP contribution in [0.1, 0.15) is 119 Å². The Labute approximate surface area is 579 Å². The highest BCUT2D eigenvalue weighted by molar-refractivity contribution is 6.05. The molecular weight excluding hydrogens is 1260 g/mol. The van der Waals surface area contributed by atoms with Gasteiger partial charge >= 0.3 is 18.0 Å². The highest BCUT2D eigenvalue weighted by Crippen LogP contribution is 2.41. The van der Waals surface area contributed by atoms with Crippen molar-refractivity contribution < 1.29 is 62.2 Å². The molecule has 4 aliphatic rings. The monoisotopic (exact) mass is 1350 g/mol. The lowest BCUT2D eigenvalue weighted by Gasteiger charge is -2.37. The topological polar surface area (TPSA) is 277 Å². The minimum atomic E-state index is -1.03. The zero-order valence-corrected chi connectivity index (χ0v) is 58.7. The number of amides is 8. The van der Waals surface area contributed by atoms with E-state index in [1.54, 1.807) is 47.3 Å². The molecule has 5 N–H and O–H groups in total. The molecule has 8 amide bonds. The molecule has 22 heteroatoms. The second-order valence-electron chi connectivity index (χ2n) is 29.3. The van der Waals surface area contributed by atoms with Crippen molar-refractivity contribution >= 4 is 92.3 Å². The van der Waals surface area contributed by atoms with Gasteiger partial charge in [0.2, 0.25) is 41.4 Å². The van der Waals surface area contributed by atoms with Crippen LogP contribution >= 0.6 is 0 Å². The van der Waals surface area contributed by atoms with Crippen LogP contribution in [0.25, 0.3) is 21.5 Å². The van der Waals surface area contributed by atoms with Gasteiger partial charge in [0.05, 0.1) is 54.9 Å². The summed E-state index contributed by atoms with van der Waals surface area (Å²) in [6.45, 7) is 19.1. The van der Waals surface area contributed by atoms with Crippen molar-refractivity contribution in [1.82, 2.24) is 29.8 Å². The van der Waals surface area contributed by atoms with Crippen LogP contribution in [-0.4, -0.2) is 165 Å². The molecule has 0 radical (unpaired) electrons. The molecular formula is C77H95N9O13. The highest BCUT2D eigenvalue weighted by atomic mass is 16.6. The van der Waals surface area contributed by atoms with Gasteiger partial charge < -0.3 is 55.5 Å². The van der Waals surface area contributed by atoms with Crippen molar-refractivity contribution in [3.05, 3.63) is 157 Å². The van der Waals surface area contributed by atoms with E-state index in [1.165, 1.54) is 11.9 Å². The minimum Gasteiger partial charge on any atom is -0.461 e. The molecule has 22 nitrogen and oxygen atoms in total. The number of nitrogens with one attached hydrogen (secondary N) is 3. The van der Waals surface area contributed by atoms with E-state index in [4.69, 9.17) is 19.9 Å². The smallest absolute Gasteiger partial charge is 0.410 e. The largest absolute Gasteiger partial charge is 0.461 e. The number of likely N-dealkylation sites (N-methyl/N-ethyl adjacent to an activating group) is 1. The molecule has 4 saturated heterocycles. The molecule has 0 spiro atoms. The summed E-state index contributed by atoms with van der Waals surface area (Å²) < 4.78 is 16.2. The molecule has 99 heavy (non-hydrogen) atoms. The molecule has 0 bridgehead atoms. The van der Waals surface area contributed by atoms with E-state index in [0.29, 0.717) is 30.8 Å². The fourth-order valence-electron chi connectivity index (χ4n) is 13.5. The predicted octanol–water partition coefficient (Wildman–Crippen LogP) is 9.62. The number of nitrogens with zero attached hydrogens (tertiary/aromatic N) is 5. The Morgan fingerprint density at radius 3 is 1.33 bits per heavy atom. The van der Waals surface area contributed by atoms with Crippen molar-refractivity contribution in [1.29, 1.82) is 0 Å². The van der Waals surface area contributed by atoms with Crippen molar-refractivity contribution in [3.63, 3.8) is 0 Å². The van der Waals surface area contributed by atoms with Gasteiger partial charge in [-0.25, -0.2) is 4.79 Å². The van der Waals surface area contributed by atoms with E-state index in [0.717, 1.165) is 32.7 Å². The maximum atomic E-state index is 14.7. The molecule has 4 fully saturated rings. The average Bonchev–Trinajstić information content (AvgIpc) is 1.58. The lowest BCUT2D eigenvalue weighted by Crippen LogP contribution is -2.60. The molecule has 6 aromatic carbocycles. The molecule has 0 saturated carbocycles. The summed E-state index contributed by atoms with van der Waals surface area (Å²) >= 11 is 0. The molecule has 0 aromatic heterocycles. The Kier molecular flexibility index (Phi) is 23.4. The van der Waals surface area contributed by atoms with Crippen LogP contribution in [-0.2, 0) is 70.6 Å². The third kappa shape index (κ3) is 18.0. The van der Waals surface area contributed by atoms with Crippen LogP contribution in [0.2, 0.25) is 0 Å². The number of esters is 2. The average molecular weight is 1350 g/mol. The fraction of sp³-hybridized carbons (Fsp3) is 0.455. The number of likely N-dealkylation sites (tertiary alicyclic amines) is 4. The Morgan fingerprint density at radius 2 is 0.919 bits per heavy atom. The molecule has 6 aromatic rings. The van der Waals surface area contributed by atoms with Gasteiger partial charge in [0.1, 0.15) is 30.9 Å². The zero-order valence-electron chi connectivity index (χ0n) is 58.7. The number of nitrogens with two attached hydrogens (primary N) is 1. The lowest BCUT2D eigenvalue weighted by molar-refractivity contribution is -0.147. The Morgan fingerprint density at radius 1 is 0.515 bits per heavy atom. The summed E-state index contributed by atoms with van der Waals surface area (Å²) in [5.41, 5.74) is 7.36. The van der Waals surface area contributed by atoms with E-state index in [9.17, 15) is 47.9 Å². The van der Waals surface area contributed by atoms with Crippen molar-refractivity contribution in [2.75, 3.05) is 43.9 Å². The van der Waals surface area contributed by atoms with Gasteiger partial charge in [-0.05, 0) is 85.4 Å². The van der Waals surface area contributed by atoms with Crippen LogP contribution < -0.4 is 21.7 Å². The van der Waals surface area contributed by atoms with E-state index in [-0.39, 0.29) is 94.1 Å². The zero-order chi connectivity index (χ0) is 71.7. The van der Waals surface area contributed by atoms with Gasteiger partial charge in [0, 0.05) is 68.2 Å². The van der Waals surface area contributed by atoms with E-state index in [2.05, 4.69) is 16.0 Å². The summed E-state index contributed by atoms with van der Waals surface area (Å²) in [5.74, 6) is -4.76. The first-order chi connectivity index (χ1) is 46.9. The molecule has 4 heterocycles. The summed E-state index contributed by atoms with van der Waals surface area (Å²) in [6, 6.07) is 40.6. The fourth-order valence-corrected chi connectivity index (χ4v) is 13.5. The standard InChI is InChI=1S/C43H55N5O8.C34H40N4O5/c1-27(46(8)41(54)56-43(5,6)7)38(51)45-37(42(2,3)4)40(53)47-24-23-33-36(47)31(39(52)44-32-20-14-18-29-17-12-13-19-30(29)32)25-48(33)34(49)21-22-35(50)55-26-28-15-10-9-11-16-28;1-34(2,3)31(35)33(42)37-19-18-27-30(37)25(32(41)36-26-15-9-13-23-12-7-8-14-24(23)26)20-38(27)28(39)16-17-29(40)43-21-22-10-5-4-6-11-22/h9-20,27,31,33,36-37H,21-26H2,1-8H3,(H,44,52)(H,45,51);4-15,25,27,30-31H,16-21,35H2,1-3H3,(H,36,41)/t27-,31-,33+,36+,37+;25-,27+,30+,31+/m00/s1. The number of hydrogen-bond donors (Lipinski definition) is 4. The number of anilines is 2. The number of benzene rings is 6. The molecule has 10 rings (SSSR count). The Balaban J connectivity index is 0.000000239. The normalized spacial score (nSPS) is 19.7. The maximum absolute atomic E-state index is 14.7. The summed E-state index contributed by atoms with van der Waals surface area (Å²) in [7, 11) is 1.46. The van der Waals surface area contributed by atoms with Crippen molar-refractivity contribution in [2.45, 2.75) is 169 Å². The van der Waals surface area contributed by atoms with Gasteiger partial charge in [-0.2, -0.15) is 0 Å². The predicted molar refractivity (Wildman–Crippen MR) is 377 cm³/mol. The van der Waals surface area contributed by atoms with Gasteiger partial charge in [0.15, 0.2) is 0 Å². The third-order valence-corrected chi connectivity index (χ3v) is 19.0. The first-order valence-electron chi connectivity index (χ1n) is 34.1. The van der Waals surface area contributed by atoms with Crippen LogP contribution in [0, 0.1) is 22.7 Å². The van der Waals surface area contributed by atoms with Crippen LogP contribution in [0.4, 0.5) is 16.2 Å². The van der Waals surface area contributed by atoms with Crippen LogP contribution in [0.3, 0.4) is 0 Å². The number of carbonyl (C=O) groups excluding carboxylic acids is 10. The first kappa shape index (κ1) is 73.5. The maximum Gasteiger partial charge on any atom is 0.410 e. The molecule has 9 atom stereocenters. The van der Waals surface area contributed by atoms with Crippen molar-refractivity contribution in [3.8, 4) is 0 Å². The summed E-state index contributed by atoms with van der Waals surface area (Å²) in [5, 5.41) is 12.7. The SMILES string of the molecule is CC(C)(C)[C@H](N)C(=O)N1CC[C@@H]2[C@H]1[C@@H](C(=O)Nc1cccc3ccccc13)CN2C(=O)CCC(=O)OCc1ccccc1.C[C@@H](C(=O)N[C@H](C(=O)N1CC[C@@H]2[C@H]1[C@@H](C(=O)Nc1cccc3ccccc13)CN2C(=O)CCC(=O)OCc1ccccc1)C(C)(C)C)N(C)C(=O)OC(C)(C)C. The molecule has 4 aliphatic heterocycles. The van der Waals surface area contributed by atoms with E-state index < -0.39 is 94.4 Å². The van der Waals surface area contributed by atoms with Crippen LogP contribution in [0.5, 0.6) is 0 Å². The summed E-state index contributed by atoms with van der Waals surface area (Å²) in [4.78, 5) is 143. The van der Waals surface area contributed by atoms with Crippen LogP contribution in [0.15, 0.2) is 146 Å². The van der Waals surface area contributed by atoms with Gasteiger partial charge in [-0.15, -0.1) is 0 Å². The molecule has 0 unspecified atom stereocenters. The third-order valence-electron chi connectivity index (χ3n) is 19.0. The Hall–Kier alpha value is -9.70. The minimum absolute atomic E-state index is 0.0377. The molecule has 526 valence electrons. The van der Waals surface area contributed by atoms with Gasteiger partial charge in [0.25, 0.3) is 0 Å². The number of rotatable bonds is 19. The molecule has 0 aliphatic carbocycles. The Bertz CT molecular complexity index is 3930. The quantitative estimate of drug-likeness (QED) is 0.0434. The number of fused-ring (bicyclic) bond motifs is 4. The summed E-state index contributed by atoms with van der Waals surface area (Å²) in [6.07, 6.45) is -0.0960. The second-order valence-corrected chi connectivity index (χ2v) is 29.3. The number of hydrogen-bond acceptors (Lipinski definition) is 14. The van der Waals surface area contributed by atoms with Gasteiger partial charge in [-0.3, -0.25) is 48.1 Å². The second kappa shape index (κ2) is 31.4. The van der Waals surface area contributed by atoms with E-state index >= 15 is 0 Å². The highest BCUT2D eigenvalue weighted by Gasteiger charge is 2.57. The lowest BCUT2D eigenvalue weighted by atomic mass is 9.85. The van der Waals surface area contributed by atoms with Gasteiger partial charge in [-0.1, -0.05) is 175 Å².